The van der Waals surface area contributed by atoms with Gasteiger partial charge >= 0.3 is 0 Å². The molecule has 1 saturated heterocycles. The van der Waals surface area contributed by atoms with Crippen LogP contribution in [0.25, 0.3) is 5.78 Å². The van der Waals surface area contributed by atoms with E-state index in [4.69, 9.17) is 0 Å². The van der Waals surface area contributed by atoms with Gasteiger partial charge in [-0.05, 0) is 6.07 Å². The second-order valence-electron chi connectivity index (χ2n) is 5.97. The number of sulfonamides is 1. The van der Waals surface area contributed by atoms with Gasteiger partial charge in [0.2, 0.25) is 10.0 Å². The van der Waals surface area contributed by atoms with Crippen molar-refractivity contribution in [2.45, 2.75) is 12.6 Å². The molecule has 1 aliphatic rings. The number of aliphatic hydroxyl groups excluding tert-OH is 1. The lowest BCUT2D eigenvalue weighted by Gasteiger charge is -2.17. The highest BCUT2D eigenvalue weighted by atomic mass is 32.2. The van der Waals surface area contributed by atoms with Crippen molar-refractivity contribution in [2.24, 2.45) is 5.92 Å². The number of β-amino-alcohol motifs (C(OH)–C–C–N with tert-alkyl or cyclic N) is 1. The van der Waals surface area contributed by atoms with Gasteiger partial charge in [0.05, 0.1) is 18.4 Å². The van der Waals surface area contributed by atoms with Crippen LogP contribution in [0.4, 0.5) is 0 Å². The molecule has 0 unspecified atom stereocenters. The molecule has 0 spiro atoms. The number of likely N-dealkylation sites (tertiary alicyclic amines) is 1. The second-order valence-corrected chi connectivity index (χ2v) is 8.20. The number of fused-ring (bicyclic) bond motifs is 1. The lowest BCUT2D eigenvalue weighted by Crippen LogP contribution is -2.33. The van der Waals surface area contributed by atoms with Crippen molar-refractivity contribution in [1.82, 2.24) is 28.8 Å². The van der Waals surface area contributed by atoms with E-state index < -0.39 is 16.1 Å². The number of aliphatic hydroxyl groups is 1. The van der Waals surface area contributed by atoms with Crippen LogP contribution in [0.2, 0.25) is 0 Å². The Balaban J connectivity index is 1.66. The normalized spacial score (nSPS) is 23.1. The molecule has 1 fully saturated rings. The van der Waals surface area contributed by atoms with E-state index in [-0.39, 0.29) is 11.7 Å². The van der Waals surface area contributed by atoms with Gasteiger partial charge in [-0.2, -0.15) is 4.98 Å². The molecule has 0 saturated carbocycles. The molecular weight excluding hydrogens is 320 g/mol. The van der Waals surface area contributed by atoms with Crippen molar-refractivity contribution in [3.8, 4) is 0 Å². The Labute approximate surface area is 134 Å². The summed E-state index contributed by atoms with van der Waals surface area (Å²) in [5.41, 5.74) is 0. The van der Waals surface area contributed by atoms with Crippen molar-refractivity contribution in [3.63, 3.8) is 0 Å². The third kappa shape index (κ3) is 3.50. The van der Waals surface area contributed by atoms with E-state index in [0.29, 0.717) is 31.2 Å². The Morgan fingerprint density at radius 2 is 2.17 bits per heavy atom. The van der Waals surface area contributed by atoms with Gasteiger partial charge in [0, 0.05) is 45.5 Å². The Hall–Kier alpha value is -1.62. The molecule has 0 amide bonds. The van der Waals surface area contributed by atoms with E-state index in [1.165, 1.54) is 18.4 Å². The molecule has 0 aliphatic carbocycles. The van der Waals surface area contributed by atoms with Crippen molar-refractivity contribution in [3.05, 3.63) is 24.3 Å². The van der Waals surface area contributed by atoms with E-state index in [9.17, 15) is 13.5 Å². The fourth-order valence-corrected chi connectivity index (χ4v) is 3.86. The van der Waals surface area contributed by atoms with Crippen LogP contribution in [0.15, 0.2) is 18.5 Å². The number of hydrogen-bond donors (Lipinski definition) is 1. The third-order valence-electron chi connectivity index (χ3n) is 3.99. The minimum atomic E-state index is -3.33. The molecule has 2 atom stereocenters. The fourth-order valence-electron chi connectivity index (χ4n) is 2.70. The molecule has 3 heterocycles. The van der Waals surface area contributed by atoms with E-state index in [0.717, 1.165) is 0 Å². The molecular formula is C13H20N6O3S. The quantitative estimate of drug-likeness (QED) is 0.730. The molecule has 9 nitrogen and oxygen atoms in total. The summed E-state index contributed by atoms with van der Waals surface area (Å²) in [4.78, 5) is 10.4. The van der Waals surface area contributed by atoms with Crippen LogP contribution in [0, 0.1) is 5.92 Å². The zero-order valence-electron chi connectivity index (χ0n) is 13.1. The molecule has 23 heavy (non-hydrogen) atoms. The van der Waals surface area contributed by atoms with Crippen molar-refractivity contribution < 1.29 is 13.5 Å². The van der Waals surface area contributed by atoms with E-state index in [2.05, 4.69) is 15.1 Å². The van der Waals surface area contributed by atoms with Crippen LogP contribution >= 0.6 is 0 Å². The average Bonchev–Trinajstić information content (AvgIpc) is 3.01. The number of nitrogens with zero attached hydrogens (tertiary/aromatic N) is 6. The summed E-state index contributed by atoms with van der Waals surface area (Å²) in [6.07, 6.45) is 2.75. The number of aromatic nitrogens is 4. The van der Waals surface area contributed by atoms with Gasteiger partial charge in [-0.15, -0.1) is 5.10 Å². The second kappa shape index (κ2) is 6.11. The highest BCUT2D eigenvalue weighted by molar-refractivity contribution is 7.89. The summed E-state index contributed by atoms with van der Waals surface area (Å²) in [6, 6.07) is 1.77. The zero-order chi connectivity index (χ0) is 16.6. The topological polar surface area (TPSA) is 104 Å². The average molecular weight is 340 g/mol. The molecule has 2 aromatic rings. The van der Waals surface area contributed by atoms with Crippen LogP contribution in [0.3, 0.4) is 0 Å². The maximum Gasteiger partial charge on any atom is 0.252 e. The summed E-state index contributed by atoms with van der Waals surface area (Å²) in [6.45, 7) is 1.37. The van der Waals surface area contributed by atoms with E-state index >= 15 is 0 Å². The van der Waals surface area contributed by atoms with Gasteiger partial charge in [-0.1, -0.05) is 0 Å². The van der Waals surface area contributed by atoms with Gasteiger partial charge < -0.3 is 5.11 Å². The summed E-state index contributed by atoms with van der Waals surface area (Å²) < 4.78 is 26.7. The smallest absolute Gasteiger partial charge is 0.252 e. The van der Waals surface area contributed by atoms with E-state index in [1.807, 2.05) is 4.90 Å². The summed E-state index contributed by atoms with van der Waals surface area (Å²) in [5, 5.41) is 14.5. The minimum Gasteiger partial charge on any atom is -0.391 e. The highest BCUT2D eigenvalue weighted by Crippen LogP contribution is 2.21. The van der Waals surface area contributed by atoms with Crippen LogP contribution in [-0.4, -0.2) is 81.4 Å². The van der Waals surface area contributed by atoms with E-state index in [1.54, 1.807) is 23.0 Å². The Morgan fingerprint density at radius 1 is 1.39 bits per heavy atom. The largest absolute Gasteiger partial charge is 0.391 e. The highest BCUT2D eigenvalue weighted by Gasteiger charge is 2.35. The summed E-state index contributed by atoms with van der Waals surface area (Å²) in [7, 11) is -0.326. The molecule has 10 heteroatoms. The number of rotatable bonds is 5. The Bertz CT molecular complexity index is 757. The lowest BCUT2D eigenvalue weighted by atomic mass is 10.1. The van der Waals surface area contributed by atoms with Gasteiger partial charge in [0.25, 0.3) is 5.78 Å². The van der Waals surface area contributed by atoms with Gasteiger partial charge in [0.15, 0.2) is 5.82 Å². The molecule has 0 bridgehead atoms. The first-order valence-corrected chi connectivity index (χ1v) is 8.93. The maximum atomic E-state index is 12.0. The summed E-state index contributed by atoms with van der Waals surface area (Å²) in [5.74, 6) is 0.760. The standard InChI is InChI=1S/C13H20N6O3S/c1-17(2)23(21,22)9-10-6-18(7-11(10)20)8-12-15-13-14-4-3-5-19(13)16-12/h3-5,10-11,20H,6-9H2,1-2H3/t10-,11+/m0/s1. The fraction of sp³-hybridized carbons (Fsp3) is 0.615. The zero-order valence-corrected chi connectivity index (χ0v) is 13.9. The molecule has 3 rings (SSSR count). The molecule has 126 valence electrons. The monoisotopic (exact) mass is 340 g/mol. The van der Waals surface area contributed by atoms with Gasteiger partial charge in [0.1, 0.15) is 0 Å². The Kier molecular flexibility index (Phi) is 4.32. The first-order chi connectivity index (χ1) is 10.8. The number of hydrogen-bond acceptors (Lipinski definition) is 7. The first-order valence-electron chi connectivity index (χ1n) is 7.32. The van der Waals surface area contributed by atoms with Gasteiger partial charge in [-0.25, -0.2) is 22.2 Å². The Morgan fingerprint density at radius 3 is 2.87 bits per heavy atom. The maximum absolute atomic E-state index is 12.0. The van der Waals surface area contributed by atoms with Crippen LogP contribution in [0.1, 0.15) is 5.82 Å². The van der Waals surface area contributed by atoms with Crippen molar-refractivity contribution in [1.29, 1.82) is 0 Å². The van der Waals surface area contributed by atoms with Gasteiger partial charge in [-0.3, -0.25) is 4.90 Å². The third-order valence-corrected chi connectivity index (χ3v) is 5.95. The molecule has 0 radical (unpaired) electrons. The molecule has 1 aliphatic heterocycles. The predicted octanol–water partition coefficient (Wildman–Crippen LogP) is -1.19. The summed E-state index contributed by atoms with van der Waals surface area (Å²) >= 11 is 0. The van der Waals surface area contributed by atoms with Crippen molar-refractivity contribution in [2.75, 3.05) is 32.9 Å². The van der Waals surface area contributed by atoms with Crippen LogP contribution in [0.5, 0.6) is 0 Å². The van der Waals surface area contributed by atoms with Crippen molar-refractivity contribution >= 4 is 15.8 Å². The predicted molar refractivity (Wildman–Crippen MR) is 83.0 cm³/mol. The lowest BCUT2D eigenvalue weighted by molar-refractivity contribution is 0.147. The molecule has 1 N–H and O–H groups in total. The van der Waals surface area contributed by atoms with Crippen LogP contribution in [-0.2, 0) is 16.6 Å². The first kappa shape index (κ1) is 16.2. The molecule has 2 aromatic heterocycles. The minimum absolute atomic E-state index is 0.0577. The molecule has 0 aromatic carbocycles. The SMILES string of the molecule is CN(C)S(=O)(=O)C[C@@H]1CN(Cc2nc3ncccn3n2)C[C@H]1O. The van der Waals surface area contributed by atoms with Crippen LogP contribution < -0.4 is 0 Å².